The van der Waals surface area contributed by atoms with Crippen molar-refractivity contribution in [3.63, 3.8) is 0 Å². The lowest BCUT2D eigenvalue weighted by Gasteiger charge is -2.17. The molecule has 0 aliphatic heterocycles. The molecule has 0 spiro atoms. The lowest BCUT2D eigenvalue weighted by atomic mass is 9.99. The summed E-state index contributed by atoms with van der Waals surface area (Å²) in [6.45, 7) is 6.79. The molecule has 0 bridgehead atoms. The maximum absolute atomic E-state index is 3.44. The minimum absolute atomic E-state index is 0.480. The van der Waals surface area contributed by atoms with E-state index >= 15 is 0 Å². The molecule has 1 N–H and O–H groups in total. The van der Waals surface area contributed by atoms with Gasteiger partial charge in [0.25, 0.3) is 0 Å². The van der Waals surface area contributed by atoms with E-state index in [9.17, 15) is 0 Å². The molecule has 18 heavy (non-hydrogen) atoms. The quantitative estimate of drug-likeness (QED) is 0.704. The van der Waals surface area contributed by atoms with Gasteiger partial charge in [-0.05, 0) is 42.7 Å². The highest BCUT2D eigenvalue weighted by atomic mass is 32.2. The average Bonchev–Trinajstić information content (AvgIpc) is 2.34. The molecule has 1 aromatic rings. The van der Waals surface area contributed by atoms with E-state index in [0.717, 1.165) is 11.7 Å². The number of hydrogen-bond donors (Lipinski definition) is 1. The molecule has 102 valence electrons. The zero-order chi connectivity index (χ0) is 13.4. The monoisotopic (exact) mass is 265 g/mol. The van der Waals surface area contributed by atoms with Gasteiger partial charge in [-0.1, -0.05) is 45.0 Å². The normalized spacial score (nSPS) is 12.9. The Morgan fingerprint density at radius 1 is 1.28 bits per heavy atom. The second-order valence-electron chi connectivity index (χ2n) is 5.26. The van der Waals surface area contributed by atoms with Crippen LogP contribution in [-0.4, -0.2) is 18.6 Å². The van der Waals surface area contributed by atoms with Crippen molar-refractivity contribution in [1.29, 1.82) is 0 Å². The van der Waals surface area contributed by atoms with Crippen LogP contribution in [0.2, 0.25) is 0 Å². The van der Waals surface area contributed by atoms with Crippen LogP contribution in [0.5, 0.6) is 0 Å². The highest BCUT2D eigenvalue weighted by Gasteiger charge is 2.09. The second kappa shape index (κ2) is 8.60. The van der Waals surface area contributed by atoms with Gasteiger partial charge in [0.15, 0.2) is 0 Å². The number of nitrogens with one attached hydrogen (secondary N) is 1. The summed E-state index contributed by atoms with van der Waals surface area (Å²) in [5.74, 6) is 3.14. The predicted octanol–water partition coefficient (Wildman–Crippen LogP) is 4.29. The van der Waals surface area contributed by atoms with Gasteiger partial charge in [0.2, 0.25) is 0 Å². The fraction of sp³-hybridized carbons (Fsp3) is 0.625. The summed E-state index contributed by atoms with van der Waals surface area (Å²) in [6.07, 6.45) is 2.43. The fourth-order valence-corrected chi connectivity index (χ4v) is 3.15. The van der Waals surface area contributed by atoms with Gasteiger partial charge < -0.3 is 5.32 Å². The Morgan fingerprint density at radius 2 is 2.06 bits per heavy atom. The molecule has 1 aromatic carbocycles. The molecule has 0 aromatic heterocycles. The zero-order valence-electron chi connectivity index (χ0n) is 12.2. The van der Waals surface area contributed by atoms with Gasteiger partial charge in [0, 0.05) is 11.8 Å². The molecule has 2 heteroatoms. The zero-order valence-corrected chi connectivity index (χ0v) is 13.0. The summed E-state index contributed by atoms with van der Waals surface area (Å²) >= 11 is 2.04. The van der Waals surface area contributed by atoms with Crippen LogP contribution >= 0.6 is 11.8 Å². The minimum atomic E-state index is 0.480. The molecule has 1 atom stereocenters. The predicted molar refractivity (Wildman–Crippen MR) is 84.4 cm³/mol. The largest absolute Gasteiger partial charge is 0.312 e. The van der Waals surface area contributed by atoms with Crippen LogP contribution in [0.4, 0.5) is 0 Å². The molecule has 0 aliphatic carbocycles. The third-order valence-corrected chi connectivity index (χ3v) is 4.24. The Balaban J connectivity index is 2.66. The molecule has 0 radical (unpaired) electrons. The Hall–Kier alpha value is -0.470. The van der Waals surface area contributed by atoms with Crippen LogP contribution in [0.15, 0.2) is 24.3 Å². The molecule has 1 rings (SSSR count). The molecule has 0 amide bonds. The average molecular weight is 265 g/mol. The van der Waals surface area contributed by atoms with E-state index in [-0.39, 0.29) is 0 Å². The highest BCUT2D eigenvalue weighted by molar-refractivity contribution is 7.99. The molecule has 0 heterocycles. The van der Waals surface area contributed by atoms with Gasteiger partial charge in [0.1, 0.15) is 0 Å². The lowest BCUT2D eigenvalue weighted by molar-refractivity contribution is 0.638. The second-order valence-corrected chi connectivity index (χ2v) is 6.41. The SMILES string of the molecule is CCCSCC(NC)c1cccc(CC(C)C)c1. The van der Waals surface area contributed by atoms with E-state index < -0.39 is 0 Å². The summed E-state index contributed by atoms with van der Waals surface area (Å²) in [5, 5.41) is 3.44. The van der Waals surface area contributed by atoms with Crippen molar-refractivity contribution >= 4 is 11.8 Å². The molecule has 1 unspecified atom stereocenters. The first-order chi connectivity index (χ1) is 8.67. The summed E-state index contributed by atoms with van der Waals surface area (Å²) in [7, 11) is 2.06. The van der Waals surface area contributed by atoms with E-state index in [1.807, 2.05) is 11.8 Å². The maximum atomic E-state index is 3.44. The molecule has 0 saturated carbocycles. The minimum Gasteiger partial charge on any atom is -0.312 e. The van der Waals surface area contributed by atoms with Gasteiger partial charge in [-0.15, -0.1) is 0 Å². The van der Waals surface area contributed by atoms with E-state index in [1.54, 1.807) is 0 Å². The summed E-state index contributed by atoms with van der Waals surface area (Å²) < 4.78 is 0. The van der Waals surface area contributed by atoms with Crippen molar-refractivity contribution in [3.05, 3.63) is 35.4 Å². The highest BCUT2D eigenvalue weighted by Crippen LogP contribution is 2.20. The standard InChI is InChI=1S/C16H27NS/c1-5-9-18-12-16(17-4)15-8-6-7-14(11-15)10-13(2)3/h6-8,11,13,16-17H,5,9-10,12H2,1-4H3. The summed E-state index contributed by atoms with van der Waals surface area (Å²) in [5.41, 5.74) is 2.89. The van der Waals surface area contributed by atoms with Gasteiger partial charge in [-0.3, -0.25) is 0 Å². The number of benzene rings is 1. The summed E-state index contributed by atoms with van der Waals surface area (Å²) in [6, 6.07) is 9.54. The summed E-state index contributed by atoms with van der Waals surface area (Å²) in [4.78, 5) is 0. The topological polar surface area (TPSA) is 12.0 Å². The van der Waals surface area contributed by atoms with Crippen LogP contribution < -0.4 is 5.32 Å². The Bertz CT molecular complexity index is 336. The van der Waals surface area contributed by atoms with Crippen molar-refractivity contribution in [3.8, 4) is 0 Å². The fourth-order valence-electron chi connectivity index (χ4n) is 2.10. The number of hydrogen-bond acceptors (Lipinski definition) is 2. The van der Waals surface area contributed by atoms with E-state index in [0.29, 0.717) is 6.04 Å². The van der Waals surface area contributed by atoms with Gasteiger partial charge in [0.05, 0.1) is 0 Å². The number of thioether (sulfide) groups is 1. The molecule has 1 nitrogen and oxygen atoms in total. The van der Waals surface area contributed by atoms with E-state index in [4.69, 9.17) is 0 Å². The maximum Gasteiger partial charge on any atom is 0.0409 e. The third-order valence-electron chi connectivity index (χ3n) is 2.98. The van der Waals surface area contributed by atoms with Crippen molar-refractivity contribution in [2.45, 2.75) is 39.7 Å². The Labute approximate surface area is 117 Å². The first-order valence-corrected chi connectivity index (χ1v) is 8.16. The van der Waals surface area contributed by atoms with E-state index in [1.165, 1.54) is 29.7 Å². The van der Waals surface area contributed by atoms with Gasteiger partial charge in [-0.25, -0.2) is 0 Å². The van der Waals surface area contributed by atoms with Crippen LogP contribution in [0.1, 0.15) is 44.4 Å². The van der Waals surface area contributed by atoms with Crippen molar-refractivity contribution < 1.29 is 0 Å². The van der Waals surface area contributed by atoms with Gasteiger partial charge >= 0.3 is 0 Å². The Kier molecular flexibility index (Phi) is 7.45. The van der Waals surface area contributed by atoms with Crippen LogP contribution in [0.3, 0.4) is 0 Å². The first-order valence-electron chi connectivity index (χ1n) is 7.01. The molecular weight excluding hydrogens is 238 g/mol. The molecular formula is C16H27NS. The smallest absolute Gasteiger partial charge is 0.0409 e. The molecule has 0 aliphatic rings. The van der Waals surface area contributed by atoms with Crippen molar-refractivity contribution in [2.75, 3.05) is 18.6 Å². The van der Waals surface area contributed by atoms with Crippen molar-refractivity contribution in [2.24, 2.45) is 5.92 Å². The van der Waals surface area contributed by atoms with Crippen LogP contribution in [0.25, 0.3) is 0 Å². The van der Waals surface area contributed by atoms with Gasteiger partial charge in [-0.2, -0.15) is 11.8 Å². The van der Waals surface area contributed by atoms with E-state index in [2.05, 4.69) is 57.4 Å². The molecule has 0 fully saturated rings. The first kappa shape index (κ1) is 15.6. The number of rotatable bonds is 8. The Morgan fingerprint density at radius 3 is 2.67 bits per heavy atom. The van der Waals surface area contributed by atoms with Crippen molar-refractivity contribution in [1.82, 2.24) is 5.32 Å². The third kappa shape index (κ3) is 5.45. The van der Waals surface area contributed by atoms with Crippen LogP contribution in [0, 0.1) is 5.92 Å². The lowest BCUT2D eigenvalue weighted by Crippen LogP contribution is -2.19. The van der Waals surface area contributed by atoms with Crippen LogP contribution in [-0.2, 0) is 6.42 Å². The molecule has 0 saturated heterocycles.